The summed E-state index contributed by atoms with van der Waals surface area (Å²) in [6.07, 6.45) is 0.561. The van der Waals surface area contributed by atoms with Gasteiger partial charge in [0, 0.05) is 13.6 Å². The quantitative estimate of drug-likeness (QED) is 0.693. The topological polar surface area (TPSA) is 20.3 Å². The molecule has 22 heavy (non-hydrogen) atoms. The van der Waals surface area contributed by atoms with Gasteiger partial charge in [0.1, 0.15) is 11.0 Å². The fourth-order valence-electron chi connectivity index (χ4n) is 1.69. The van der Waals surface area contributed by atoms with Gasteiger partial charge >= 0.3 is 6.18 Å². The maximum atomic E-state index is 12.3. The van der Waals surface area contributed by atoms with Crippen molar-refractivity contribution in [2.75, 3.05) is 13.6 Å². The van der Waals surface area contributed by atoms with Gasteiger partial charge in [-0.05, 0) is 30.7 Å². The first-order chi connectivity index (χ1) is 10.3. The lowest BCUT2D eigenvalue weighted by Gasteiger charge is -2.15. The van der Waals surface area contributed by atoms with Crippen LogP contribution in [-0.2, 0) is 17.2 Å². The second-order valence-electron chi connectivity index (χ2n) is 4.98. The van der Waals surface area contributed by atoms with E-state index >= 15 is 0 Å². The first kappa shape index (κ1) is 21.1. The van der Waals surface area contributed by atoms with Crippen molar-refractivity contribution in [3.63, 3.8) is 0 Å². The number of rotatable bonds is 6. The molecule has 0 bridgehead atoms. The van der Waals surface area contributed by atoms with E-state index in [4.69, 9.17) is 0 Å². The van der Waals surface area contributed by atoms with Gasteiger partial charge in [-0.1, -0.05) is 40.0 Å². The number of hydrogen-bond acceptors (Lipinski definition) is 1. The molecule has 0 aromatic heterocycles. The minimum Gasteiger partial charge on any atom is -0.237 e. The van der Waals surface area contributed by atoms with Crippen LogP contribution in [0.5, 0.6) is 0 Å². The monoisotopic (exact) mass is 337 g/mol. The highest BCUT2D eigenvalue weighted by Crippen LogP contribution is 2.29. The Morgan fingerprint density at radius 1 is 1.00 bits per heavy atom. The molecule has 0 aliphatic heterocycles. The molecule has 6 heteroatoms. The molecule has 0 saturated heterocycles. The van der Waals surface area contributed by atoms with Gasteiger partial charge in [-0.15, -0.1) is 0 Å². The van der Waals surface area contributed by atoms with Crippen molar-refractivity contribution in [1.29, 1.82) is 0 Å². The average Bonchev–Trinajstić information content (AvgIpc) is 2.47. The maximum Gasteiger partial charge on any atom is 0.416 e. The van der Waals surface area contributed by atoms with Gasteiger partial charge in [-0.25, -0.2) is 8.51 Å². The van der Waals surface area contributed by atoms with Crippen LogP contribution in [-0.4, -0.2) is 22.1 Å². The Kier molecular flexibility index (Phi) is 10.3. The van der Waals surface area contributed by atoms with Gasteiger partial charge in [-0.2, -0.15) is 13.2 Å². The van der Waals surface area contributed by atoms with Crippen molar-refractivity contribution in [3.05, 3.63) is 29.8 Å². The Bertz CT molecular complexity index is 430. The molecule has 0 fully saturated rings. The van der Waals surface area contributed by atoms with Crippen LogP contribution in [0.2, 0.25) is 0 Å². The molecule has 0 N–H and O–H groups in total. The number of hydrogen-bond donors (Lipinski definition) is 0. The third kappa shape index (κ3) is 7.94. The molecule has 0 aliphatic rings. The van der Waals surface area contributed by atoms with Crippen LogP contribution in [0.15, 0.2) is 29.2 Å². The van der Waals surface area contributed by atoms with E-state index in [-0.39, 0.29) is 0 Å². The number of nitrogens with zero attached hydrogens (tertiary/aromatic N) is 1. The number of alkyl halides is 3. The molecule has 2 nitrogen and oxygen atoms in total. The average molecular weight is 337 g/mol. The highest BCUT2D eigenvalue weighted by molar-refractivity contribution is 7.82. The lowest BCUT2D eigenvalue weighted by atomic mass is 10.2. The fourth-order valence-corrected chi connectivity index (χ4v) is 2.77. The van der Waals surface area contributed by atoms with Crippen LogP contribution in [0.1, 0.15) is 52.0 Å². The molecule has 128 valence electrons. The molecular weight excluding hydrogens is 311 g/mol. The molecular formula is C16H26F3NOS. The SMILES string of the molecule is CCCCC.CCCN(C)S(=O)c1ccc(C(F)(F)F)cc1. The van der Waals surface area contributed by atoms with Crippen molar-refractivity contribution in [2.24, 2.45) is 0 Å². The zero-order chi connectivity index (χ0) is 17.2. The maximum absolute atomic E-state index is 12.3. The van der Waals surface area contributed by atoms with Crippen LogP contribution in [0.3, 0.4) is 0 Å². The van der Waals surface area contributed by atoms with Crippen molar-refractivity contribution < 1.29 is 17.4 Å². The Morgan fingerprint density at radius 3 is 1.82 bits per heavy atom. The molecule has 0 heterocycles. The summed E-state index contributed by atoms with van der Waals surface area (Å²) in [7, 11) is 0.281. The van der Waals surface area contributed by atoms with E-state index in [1.807, 2.05) is 6.92 Å². The molecule has 0 radical (unpaired) electrons. The van der Waals surface area contributed by atoms with Crippen LogP contribution in [0.4, 0.5) is 13.2 Å². The summed E-state index contributed by atoms with van der Waals surface area (Å²) in [6, 6.07) is 4.41. The van der Waals surface area contributed by atoms with Crippen LogP contribution in [0.25, 0.3) is 0 Å². The molecule has 1 rings (SSSR count). The zero-order valence-electron chi connectivity index (χ0n) is 13.7. The van der Waals surface area contributed by atoms with E-state index in [0.717, 1.165) is 18.6 Å². The minimum atomic E-state index is -4.35. The van der Waals surface area contributed by atoms with E-state index < -0.39 is 22.7 Å². The van der Waals surface area contributed by atoms with Crippen LogP contribution >= 0.6 is 0 Å². The lowest BCUT2D eigenvalue weighted by molar-refractivity contribution is -0.137. The normalized spacial score (nSPS) is 12.7. The van der Waals surface area contributed by atoms with E-state index in [0.29, 0.717) is 11.4 Å². The van der Waals surface area contributed by atoms with E-state index in [9.17, 15) is 17.4 Å². The number of benzene rings is 1. The minimum absolute atomic E-state index is 0.383. The van der Waals surface area contributed by atoms with Gasteiger partial charge in [0.25, 0.3) is 0 Å². The molecule has 0 saturated carbocycles. The standard InChI is InChI=1S/C11H14F3NOS.C5H12/c1-3-8-15(2)17(16)10-6-4-9(5-7-10)11(12,13)14;1-3-5-4-2/h4-7H,3,8H2,1-2H3;3-5H2,1-2H3. The van der Waals surface area contributed by atoms with Crippen LogP contribution < -0.4 is 0 Å². The van der Waals surface area contributed by atoms with Gasteiger partial charge in [0.05, 0.1) is 10.5 Å². The lowest BCUT2D eigenvalue weighted by Crippen LogP contribution is -2.22. The second-order valence-corrected chi connectivity index (χ2v) is 6.57. The number of unbranched alkanes of at least 4 members (excludes halogenated alkanes) is 2. The molecule has 1 atom stereocenters. The Labute approximate surface area is 134 Å². The third-order valence-corrected chi connectivity index (χ3v) is 4.34. The predicted molar refractivity (Wildman–Crippen MR) is 86.0 cm³/mol. The predicted octanol–water partition coefficient (Wildman–Crippen LogP) is 5.27. The largest absolute Gasteiger partial charge is 0.416 e. The smallest absolute Gasteiger partial charge is 0.237 e. The summed E-state index contributed by atoms with van der Waals surface area (Å²) >= 11 is 0. The Hall–Kier alpha value is -0.880. The summed E-state index contributed by atoms with van der Waals surface area (Å²) in [6.45, 7) is 7.00. The summed E-state index contributed by atoms with van der Waals surface area (Å²) in [5.41, 5.74) is -0.726. The molecule has 1 aromatic carbocycles. The van der Waals surface area contributed by atoms with E-state index in [2.05, 4.69) is 13.8 Å². The van der Waals surface area contributed by atoms with Crippen LogP contribution in [0, 0.1) is 0 Å². The van der Waals surface area contributed by atoms with Gasteiger partial charge in [0.2, 0.25) is 0 Å². The summed E-state index contributed by atoms with van der Waals surface area (Å²) in [5.74, 6) is 0. The first-order valence-electron chi connectivity index (χ1n) is 7.58. The molecule has 0 spiro atoms. The van der Waals surface area contributed by atoms with E-state index in [1.54, 1.807) is 11.4 Å². The number of halogens is 3. The molecule has 0 amide bonds. The van der Waals surface area contributed by atoms with Gasteiger partial charge < -0.3 is 0 Å². The zero-order valence-corrected chi connectivity index (χ0v) is 14.6. The highest BCUT2D eigenvalue weighted by Gasteiger charge is 2.30. The first-order valence-corrected chi connectivity index (χ1v) is 8.68. The van der Waals surface area contributed by atoms with Gasteiger partial charge in [0.15, 0.2) is 0 Å². The van der Waals surface area contributed by atoms with Gasteiger partial charge in [-0.3, -0.25) is 0 Å². The second kappa shape index (κ2) is 10.8. The molecule has 1 unspecified atom stereocenters. The Balaban J connectivity index is 0.000000763. The fraction of sp³-hybridized carbons (Fsp3) is 0.625. The van der Waals surface area contributed by atoms with Crippen molar-refractivity contribution in [2.45, 2.75) is 57.5 Å². The Morgan fingerprint density at radius 2 is 1.50 bits per heavy atom. The third-order valence-electron chi connectivity index (χ3n) is 2.91. The summed E-state index contributed by atoms with van der Waals surface area (Å²) in [4.78, 5) is 0.383. The molecule has 1 aromatic rings. The van der Waals surface area contributed by atoms with E-state index in [1.165, 1.54) is 31.4 Å². The summed E-state index contributed by atoms with van der Waals surface area (Å²) in [5, 5.41) is 0. The van der Waals surface area contributed by atoms with Crippen molar-refractivity contribution >= 4 is 11.0 Å². The summed E-state index contributed by atoms with van der Waals surface area (Å²) < 4.78 is 50.4. The van der Waals surface area contributed by atoms with Crippen molar-refractivity contribution in [3.8, 4) is 0 Å². The molecule has 0 aliphatic carbocycles. The van der Waals surface area contributed by atoms with Crippen molar-refractivity contribution in [1.82, 2.24) is 4.31 Å². The highest BCUT2D eigenvalue weighted by atomic mass is 32.2.